The van der Waals surface area contributed by atoms with Crippen LogP contribution in [-0.4, -0.2) is 47.4 Å². The van der Waals surface area contributed by atoms with Gasteiger partial charge in [-0.05, 0) is 19.8 Å². The first kappa shape index (κ1) is 17.4. The molecule has 0 aromatic rings. The number of halogens is 3. The maximum absolute atomic E-state index is 13.4. The summed E-state index contributed by atoms with van der Waals surface area (Å²) in [5, 5.41) is 3.07. The van der Waals surface area contributed by atoms with Gasteiger partial charge in [0.05, 0.1) is 6.61 Å². The molecule has 2 fully saturated rings. The standard InChI is InChI=1S/C13H18F3N3O4/c1-2-23-11(22)18-12(13(14,15)16)9(20)19(10(21)17-12)8-6-4-3-5-7-8/h8H,2-7H2,1H3,(H,17,21)(H,18,22)/t12-/m1/s1. The van der Waals surface area contributed by atoms with Crippen LogP contribution in [0.1, 0.15) is 39.0 Å². The van der Waals surface area contributed by atoms with E-state index < -0.39 is 35.9 Å². The number of urea groups is 1. The average molecular weight is 337 g/mol. The molecule has 0 radical (unpaired) electrons. The minimum Gasteiger partial charge on any atom is -0.450 e. The van der Waals surface area contributed by atoms with E-state index >= 15 is 0 Å². The molecule has 0 bridgehead atoms. The Labute approximate surface area is 130 Å². The molecule has 2 rings (SSSR count). The Balaban J connectivity index is 2.30. The van der Waals surface area contributed by atoms with Gasteiger partial charge < -0.3 is 4.74 Å². The molecule has 2 aliphatic rings. The summed E-state index contributed by atoms with van der Waals surface area (Å²) in [6.07, 6.45) is -3.36. The van der Waals surface area contributed by atoms with Crippen LogP contribution >= 0.6 is 0 Å². The van der Waals surface area contributed by atoms with Crippen molar-refractivity contribution >= 4 is 18.0 Å². The fraction of sp³-hybridized carbons (Fsp3) is 0.769. The van der Waals surface area contributed by atoms with Crippen molar-refractivity contribution in [3.63, 3.8) is 0 Å². The van der Waals surface area contributed by atoms with Gasteiger partial charge in [0.15, 0.2) is 0 Å². The van der Waals surface area contributed by atoms with Crippen LogP contribution < -0.4 is 10.6 Å². The number of carbonyl (C=O) groups is 3. The molecule has 1 saturated heterocycles. The number of nitrogens with zero attached hydrogens (tertiary/aromatic N) is 1. The Kier molecular flexibility index (Phi) is 4.71. The second-order valence-electron chi connectivity index (χ2n) is 5.49. The van der Waals surface area contributed by atoms with Crippen LogP contribution in [0.5, 0.6) is 0 Å². The number of alkyl halides is 3. The lowest BCUT2D eigenvalue weighted by Gasteiger charge is -2.32. The summed E-state index contributed by atoms with van der Waals surface area (Å²) >= 11 is 0. The van der Waals surface area contributed by atoms with Crippen molar-refractivity contribution in [1.82, 2.24) is 15.5 Å². The first-order valence-electron chi connectivity index (χ1n) is 7.40. The fourth-order valence-electron chi connectivity index (χ4n) is 2.89. The number of rotatable bonds is 3. The summed E-state index contributed by atoms with van der Waals surface area (Å²) in [5.41, 5.74) is -3.48. The van der Waals surface area contributed by atoms with E-state index in [9.17, 15) is 27.6 Å². The van der Waals surface area contributed by atoms with Crippen molar-refractivity contribution in [3.05, 3.63) is 0 Å². The molecule has 0 aromatic heterocycles. The fourth-order valence-corrected chi connectivity index (χ4v) is 2.89. The molecule has 1 aliphatic heterocycles. The highest BCUT2D eigenvalue weighted by Gasteiger charge is 2.69. The SMILES string of the molecule is CCOC(=O)N[C@]1(C(F)(F)F)NC(=O)N(C2CCCCC2)C1=O. The van der Waals surface area contributed by atoms with Crippen LogP contribution in [0.2, 0.25) is 0 Å². The van der Waals surface area contributed by atoms with Crippen LogP contribution in [0.4, 0.5) is 22.8 Å². The number of nitrogens with one attached hydrogen (secondary N) is 2. The van der Waals surface area contributed by atoms with Gasteiger partial charge in [-0.3, -0.25) is 20.3 Å². The predicted molar refractivity (Wildman–Crippen MR) is 71.2 cm³/mol. The Morgan fingerprint density at radius 1 is 1.35 bits per heavy atom. The lowest BCUT2D eigenvalue weighted by molar-refractivity contribution is -0.201. The maximum atomic E-state index is 13.4. The summed E-state index contributed by atoms with van der Waals surface area (Å²) in [7, 11) is 0. The summed E-state index contributed by atoms with van der Waals surface area (Å²) in [4.78, 5) is 36.4. The molecule has 1 atom stereocenters. The van der Waals surface area contributed by atoms with Crippen molar-refractivity contribution in [2.45, 2.75) is 56.9 Å². The van der Waals surface area contributed by atoms with E-state index in [1.54, 1.807) is 5.32 Å². The van der Waals surface area contributed by atoms with Gasteiger partial charge in [-0.25, -0.2) is 9.59 Å². The topological polar surface area (TPSA) is 87.7 Å². The van der Waals surface area contributed by atoms with E-state index in [1.165, 1.54) is 12.2 Å². The summed E-state index contributed by atoms with van der Waals surface area (Å²) in [6.45, 7) is 1.23. The maximum Gasteiger partial charge on any atom is 0.440 e. The zero-order valence-electron chi connectivity index (χ0n) is 12.5. The summed E-state index contributed by atoms with van der Waals surface area (Å²) in [5.74, 6) is -1.52. The van der Waals surface area contributed by atoms with Crippen LogP contribution in [0.15, 0.2) is 0 Å². The van der Waals surface area contributed by atoms with Crippen molar-refractivity contribution in [2.24, 2.45) is 0 Å². The number of hydrogen-bond donors (Lipinski definition) is 2. The summed E-state index contributed by atoms with van der Waals surface area (Å²) < 4.78 is 44.8. The molecule has 1 aliphatic carbocycles. The molecular weight excluding hydrogens is 319 g/mol. The van der Waals surface area contributed by atoms with Gasteiger partial charge >= 0.3 is 18.3 Å². The molecule has 7 nitrogen and oxygen atoms in total. The van der Waals surface area contributed by atoms with Crippen molar-refractivity contribution < 1.29 is 32.3 Å². The average Bonchev–Trinajstić information content (AvgIpc) is 2.71. The number of amides is 4. The number of hydrogen-bond acceptors (Lipinski definition) is 4. The molecule has 1 heterocycles. The molecule has 0 spiro atoms. The van der Waals surface area contributed by atoms with E-state index in [0.717, 1.165) is 19.3 Å². The van der Waals surface area contributed by atoms with Gasteiger partial charge in [-0.15, -0.1) is 0 Å². The van der Waals surface area contributed by atoms with Crippen molar-refractivity contribution in [2.75, 3.05) is 6.61 Å². The lowest BCUT2D eigenvalue weighted by Crippen LogP contribution is -2.69. The number of ether oxygens (including phenoxy) is 1. The zero-order chi connectivity index (χ0) is 17.3. The van der Waals surface area contributed by atoms with E-state index in [2.05, 4.69) is 4.74 Å². The Morgan fingerprint density at radius 2 is 1.96 bits per heavy atom. The van der Waals surface area contributed by atoms with Gasteiger partial charge in [-0.2, -0.15) is 13.2 Å². The Morgan fingerprint density at radius 3 is 2.48 bits per heavy atom. The second kappa shape index (κ2) is 6.25. The smallest absolute Gasteiger partial charge is 0.440 e. The number of alkyl carbamates (subject to hydrolysis) is 1. The van der Waals surface area contributed by atoms with E-state index in [-0.39, 0.29) is 6.61 Å². The van der Waals surface area contributed by atoms with Gasteiger partial charge in [0, 0.05) is 6.04 Å². The summed E-state index contributed by atoms with van der Waals surface area (Å²) in [6, 6.07) is -1.75. The van der Waals surface area contributed by atoms with Gasteiger partial charge in [-0.1, -0.05) is 19.3 Å². The van der Waals surface area contributed by atoms with Gasteiger partial charge in [0.25, 0.3) is 11.6 Å². The molecule has 1 saturated carbocycles. The van der Waals surface area contributed by atoms with E-state index in [0.29, 0.717) is 17.7 Å². The zero-order valence-corrected chi connectivity index (χ0v) is 12.5. The molecule has 130 valence electrons. The van der Waals surface area contributed by atoms with E-state index in [1.807, 2.05) is 0 Å². The van der Waals surface area contributed by atoms with Crippen LogP contribution in [-0.2, 0) is 9.53 Å². The number of carbonyl (C=O) groups excluding carboxylic acids is 3. The molecule has 0 aromatic carbocycles. The largest absolute Gasteiger partial charge is 0.450 e. The van der Waals surface area contributed by atoms with Crippen molar-refractivity contribution in [3.8, 4) is 0 Å². The molecule has 23 heavy (non-hydrogen) atoms. The second-order valence-corrected chi connectivity index (χ2v) is 5.49. The van der Waals surface area contributed by atoms with Crippen LogP contribution in [0.3, 0.4) is 0 Å². The third-order valence-corrected chi connectivity index (χ3v) is 3.98. The Bertz CT molecular complexity index is 505. The molecular formula is C13H18F3N3O4. The highest BCUT2D eigenvalue weighted by Crippen LogP contribution is 2.36. The highest BCUT2D eigenvalue weighted by molar-refractivity contribution is 6.08. The normalized spacial score (nSPS) is 26.2. The van der Waals surface area contributed by atoms with Crippen LogP contribution in [0, 0.1) is 0 Å². The molecule has 4 amide bonds. The first-order chi connectivity index (χ1) is 10.7. The minimum absolute atomic E-state index is 0.172. The van der Waals surface area contributed by atoms with Crippen molar-refractivity contribution in [1.29, 1.82) is 0 Å². The molecule has 2 N–H and O–H groups in total. The van der Waals surface area contributed by atoms with E-state index in [4.69, 9.17) is 0 Å². The molecule has 10 heteroatoms. The third-order valence-electron chi connectivity index (χ3n) is 3.98. The number of imide groups is 1. The highest BCUT2D eigenvalue weighted by atomic mass is 19.4. The van der Waals surface area contributed by atoms with Gasteiger partial charge in [0.2, 0.25) is 0 Å². The first-order valence-corrected chi connectivity index (χ1v) is 7.40. The monoisotopic (exact) mass is 337 g/mol. The quantitative estimate of drug-likeness (QED) is 0.770. The van der Waals surface area contributed by atoms with Gasteiger partial charge in [0.1, 0.15) is 0 Å². The Hall–Kier alpha value is -2.00. The molecule has 0 unspecified atom stereocenters. The lowest BCUT2D eigenvalue weighted by atomic mass is 9.94. The third kappa shape index (κ3) is 3.06. The predicted octanol–water partition coefficient (Wildman–Crippen LogP) is 1.88. The minimum atomic E-state index is -5.20. The van der Waals surface area contributed by atoms with Crippen LogP contribution in [0.25, 0.3) is 0 Å².